The van der Waals surface area contributed by atoms with Crippen LogP contribution >= 0.6 is 15.9 Å². The lowest BCUT2D eigenvalue weighted by Crippen LogP contribution is -2.26. The first kappa shape index (κ1) is 10.8. The summed E-state index contributed by atoms with van der Waals surface area (Å²) in [5, 5.41) is 10.4. The summed E-state index contributed by atoms with van der Waals surface area (Å²) in [5.74, 6) is 0.473. The van der Waals surface area contributed by atoms with Crippen LogP contribution in [0.1, 0.15) is 0 Å². The summed E-state index contributed by atoms with van der Waals surface area (Å²) >= 11 is 3.24. The Labute approximate surface area is 89.2 Å². The lowest BCUT2D eigenvalue weighted by Gasteiger charge is -2.04. The molecule has 14 heavy (non-hydrogen) atoms. The summed E-state index contributed by atoms with van der Waals surface area (Å²) in [7, 11) is 0. The van der Waals surface area contributed by atoms with Crippen LogP contribution in [0.15, 0.2) is 22.8 Å². The number of carboxylic acid groups (broad SMARTS) is 1. The Morgan fingerprint density at radius 3 is 3.00 bits per heavy atom. The topological polar surface area (TPSA) is 71.5 Å². The van der Waals surface area contributed by atoms with E-state index in [1.807, 2.05) is 0 Å². The molecule has 76 valence electrons. The van der Waals surface area contributed by atoms with E-state index in [9.17, 15) is 4.79 Å². The van der Waals surface area contributed by atoms with E-state index in [0.29, 0.717) is 5.88 Å². The third-order valence-corrected chi connectivity index (χ3v) is 1.80. The molecule has 0 spiro atoms. The van der Waals surface area contributed by atoms with Crippen molar-refractivity contribution < 1.29 is 14.6 Å². The van der Waals surface area contributed by atoms with Gasteiger partial charge in [0.25, 0.3) is 0 Å². The number of amides is 1. The second-order valence-electron chi connectivity index (χ2n) is 2.40. The third kappa shape index (κ3) is 4.08. The van der Waals surface area contributed by atoms with Crippen molar-refractivity contribution in [1.82, 2.24) is 10.3 Å². The number of hydrogen-bond donors (Lipinski definition) is 2. The Bertz CT molecular complexity index is 302. The molecule has 1 amide bonds. The summed E-state index contributed by atoms with van der Waals surface area (Å²) in [4.78, 5) is 14.0. The van der Waals surface area contributed by atoms with Crippen molar-refractivity contribution in [2.75, 3.05) is 13.2 Å². The molecule has 0 aromatic carbocycles. The summed E-state index contributed by atoms with van der Waals surface area (Å²) in [6.07, 6.45) is 0.553. The van der Waals surface area contributed by atoms with Crippen LogP contribution in [0.5, 0.6) is 5.88 Å². The summed E-state index contributed by atoms with van der Waals surface area (Å²) in [6, 6.07) is 3.50. The normalized spacial score (nSPS) is 9.50. The van der Waals surface area contributed by atoms with Crippen LogP contribution in [-0.2, 0) is 0 Å². The summed E-state index contributed by atoms with van der Waals surface area (Å²) in [5.41, 5.74) is 0. The first-order valence-corrected chi connectivity index (χ1v) is 4.69. The Hall–Kier alpha value is -1.30. The fourth-order valence-corrected chi connectivity index (χ4v) is 0.996. The summed E-state index contributed by atoms with van der Waals surface area (Å²) in [6.45, 7) is 0.508. The number of rotatable bonds is 4. The van der Waals surface area contributed by atoms with Crippen molar-refractivity contribution in [3.63, 3.8) is 0 Å². The van der Waals surface area contributed by atoms with Crippen LogP contribution in [0, 0.1) is 0 Å². The maximum absolute atomic E-state index is 10.1. The van der Waals surface area contributed by atoms with Crippen LogP contribution in [-0.4, -0.2) is 29.3 Å². The molecule has 0 bridgehead atoms. The van der Waals surface area contributed by atoms with E-state index in [0.717, 1.165) is 4.47 Å². The minimum Gasteiger partial charge on any atom is -0.476 e. The molecule has 5 nitrogen and oxygen atoms in total. The van der Waals surface area contributed by atoms with Crippen molar-refractivity contribution in [1.29, 1.82) is 0 Å². The Morgan fingerprint density at radius 2 is 2.43 bits per heavy atom. The highest BCUT2D eigenvalue weighted by molar-refractivity contribution is 9.10. The number of aromatic nitrogens is 1. The summed E-state index contributed by atoms with van der Waals surface area (Å²) < 4.78 is 6.02. The molecule has 1 aromatic heterocycles. The number of ether oxygens (including phenoxy) is 1. The molecule has 0 atom stereocenters. The molecule has 0 radical (unpaired) electrons. The van der Waals surface area contributed by atoms with Crippen LogP contribution in [0.25, 0.3) is 0 Å². The molecule has 0 unspecified atom stereocenters. The van der Waals surface area contributed by atoms with Gasteiger partial charge < -0.3 is 15.2 Å². The highest BCUT2D eigenvalue weighted by Gasteiger charge is 1.96. The second kappa shape index (κ2) is 5.43. The zero-order valence-electron chi connectivity index (χ0n) is 7.24. The number of nitrogens with zero attached hydrogens (tertiary/aromatic N) is 1. The molecule has 0 aliphatic carbocycles. The molecule has 2 N–H and O–H groups in total. The van der Waals surface area contributed by atoms with Gasteiger partial charge in [-0.2, -0.15) is 0 Å². The van der Waals surface area contributed by atoms with Crippen molar-refractivity contribution in [3.05, 3.63) is 22.8 Å². The largest absolute Gasteiger partial charge is 0.476 e. The number of nitrogens with one attached hydrogen (secondary N) is 1. The number of carbonyl (C=O) groups is 1. The monoisotopic (exact) mass is 260 g/mol. The fourth-order valence-electron chi connectivity index (χ4n) is 0.761. The van der Waals surface area contributed by atoms with Gasteiger partial charge in [0.05, 0.1) is 6.54 Å². The minimum absolute atomic E-state index is 0.243. The van der Waals surface area contributed by atoms with Gasteiger partial charge in [-0.05, 0) is 22.0 Å². The first-order valence-electron chi connectivity index (χ1n) is 3.89. The zero-order chi connectivity index (χ0) is 10.4. The number of pyridine rings is 1. The van der Waals surface area contributed by atoms with E-state index in [-0.39, 0.29) is 13.2 Å². The predicted molar refractivity (Wildman–Crippen MR) is 53.5 cm³/mol. The van der Waals surface area contributed by atoms with Gasteiger partial charge >= 0.3 is 6.09 Å². The van der Waals surface area contributed by atoms with Crippen LogP contribution in [0.3, 0.4) is 0 Å². The van der Waals surface area contributed by atoms with E-state index in [4.69, 9.17) is 9.84 Å². The predicted octanol–water partition coefficient (Wildman–Crippen LogP) is 1.49. The van der Waals surface area contributed by atoms with Gasteiger partial charge in [-0.1, -0.05) is 0 Å². The van der Waals surface area contributed by atoms with Gasteiger partial charge in [0.15, 0.2) is 0 Å². The molecule has 6 heteroatoms. The maximum Gasteiger partial charge on any atom is 0.404 e. The Kier molecular flexibility index (Phi) is 4.18. The molecule has 1 rings (SSSR count). The van der Waals surface area contributed by atoms with E-state index in [1.165, 1.54) is 0 Å². The van der Waals surface area contributed by atoms with Gasteiger partial charge in [0.1, 0.15) is 6.61 Å². The quantitative estimate of drug-likeness (QED) is 0.805. The van der Waals surface area contributed by atoms with Gasteiger partial charge in [0.2, 0.25) is 5.88 Å². The highest BCUT2D eigenvalue weighted by atomic mass is 79.9. The maximum atomic E-state index is 10.1. The van der Waals surface area contributed by atoms with Crippen LogP contribution in [0.2, 0.25) is 0 Å². The average Bonchev–Trinajstić information content (AvgIpc) is 2.15. The average molecular weight is 261 g/mol. The highest BCUT2D eigenvalue weighted by Crippen LogP contribution is 2.11. The van der Waals surface area contributed by atoms with E-state index < -0.39 is 6.09 Å². The lowest BCUT2D eigenvalue weighted by molar-refractivity contribution is 0.190. The van der Waals surface area contributed by atoms with Crippen molar-refractivity contribution in [3.8, 4) is 5.88 Å². The standard InChI is InChI=1S/C8H9BrN2O3/c9-6-1-2-7(11-5-6)14-4-3-10-8(12)13/h1-2,5,10H,3-4H2,(H,12,13). The van der Waals surface area contributed by atoms with Crippen molar-refractivity contribution >= 4 is 22.0 Å². The number of hydrogen-bond acceptors (Lipinski definition) is 3. The van der Waals surface area contributed by atoms with Crippen LogP contribution < -0.4 is 10.1 Å². The smallest absolute Gasteiger partial charge is 0.404 e. The van der Waals surface area contributed by atoms with Gasteiger partial charge in [-0.15, -0.1) is 0 Å². The molecule has 0 aliphatic rings. The second-order valence-corrected chi connectivity index (χ2v) is 3.31. The molecule has 0 saturated carbocycles. The molecule has 0 saturated heterocycles. The van der Waals surface area contributed by atoms with E-state index in [1.54, 1.807) is 18.3 Å². The van der Waals surface area contributed by atoms with Gasteiger partial charge in [-0.3, -0.25) is 0 Å². The molecular formula is C8H9BrN2O3. The third-order valence-electron chi connectivity index (χ3n) is 1.33. The van der Waals surface area contributed by atoms with E-state index >= 15 is 0 Å². The molecule has 0 fully saturated rings. The van der Waals surface area contributed by atoms with Crippen LogP contribution in [0.4, 0.5) is 4.79 Å². The first-order chi connectivity index (χ1) is 6.68. The minimum atomic E-state index is -1.06. The van der Waals surface area contributed by atoms with Crippen molar-refractivity contribution in [2.24, 2.45) is 0 Å². The Balaban J connectivity index is 2.25. The Morgan fingerprint density at radius 1 is 1.64 bits per heavy atom. The molecule has 1 heterocycles. The number of halogens is 1. The zero-order valence-corrected chi connectivity index (χ0v) is 8.82. The molecule has 1 aromatic rings. The fraction of sp³-hybridized carbons (Fsp3) is 0.250. The van der Waals surface area contributed by atoms with Gasteiger partial charge in [-0.25, -0.2) is 9.78 Å². The SMILES string of the molecule is O=C(O)NCCOc1ccc(Br)cn1. The molecular weight excluding hydrogens is 252 g/mol. The van der Waals surface area contributed by atoms with Crippen molar-refractivity contribution in [2.45, 2.75) is 0 Å². The van der Waals surface area contributed by atoms with E-state index in [2.05, 4.69) is 26.2 Å². The molecule has 0 aliphatic heterocycles. The van der Waals surface area contributed by atoms with Gasteiger partial charge in [0, 0.05) is 16.7 Å². The lowest BCUT2D eigenvalue weighted by atomic mass is 10.5.